The van der Waals surface area contributed by atoms with Gasteiger partial charge in [-0.15, -0.1) is 0 Å². The molecule has 0 bridgehead atoms. The number of aliphatic hydroxyl groups is 1. The van der Waals surface area contributed by atoms with E-state index >= 15 is 0 Å². The molecular weight excluding hydrogens is 698 g/mol. The lowest BCUT2D eigenvalue weighted by molar-refractivity contribution is -0.143. The number of nitrogens with zero attached hydrogens (tertiary/aromatic N) is 1. The second kappa shape index (κ2) is 26.7. The summed E-state index contributed by atoms with van der Waals surface area (Å²) in [4.78, 5) is 103. The van der Waals surface area contributed by atoms with E-state index in [1.54, 1.807) is 13.8 Å². The maximum absolute atomic E-state index is 13.4. The monoisotopic (exact) mass is 757 g/mol. The lowest BCUT2D eigenvalue weighted by atomic mass is 10.0. The molecule has 0 aliphatic carbocycles. The molecule has 53 heavy (non-hydrogen) atoms. The standard InChI is InChI=1S/C32H59N11O10/c1-18(2)26(30(51)41-23(12-6-8-14-37-20(4)46)29(50)42-24(17-44)31(52)53)43-25(47)16-39-28(49)22(11-5-7-13-36-19(3)45)40-27(48)21(33)10-9-15-38-32(34)35/h18,21-24,26,44H,5-17,33H2,1-4H3,(H,36,45)(H,37,46)(H,39,49)(H,40,48)(H,41,51)(H,42,50)(H,43,47)(H,52,53)(H4,34,35,38)/t21-,22-,23-,24-,26-/m0/s1. The minimum atomic E-state index is -1.62. The van der Waals surface area contributed by atoms with Crippen molar-refractivity contribution in [3.63, 3.8) is 0 Å². The number of carboxylic acid groups (broad SMARTS) is 1. The number of carbonyl (C=O) groups is 8. The van der Waals surface area contributed by atoms with Crippen LogP contribution in [-0.4, -0.2) is 126 Å². The first-order chi connectivity index (χ1) is 24.9. The van der Waals surface area contributed by atoms with Crippen LogP contribution in [0.5, 0.6) is 0 Å². The first-order valence-corrected chi connectivity index (χ1v) is 17.5. The Bertz CT molecular complexity index is 1260. The van der Waals surface area contributed by atoms with Gasteiger partial charge in [-0.1, -0.05) is 13.8 Å². The number of guanidine groups is 1. The van der Waals surface area contributed by atoms with Crippen molar-refractivity contribution >= 4 is 53.3 Å². The number of aliphatic carboxylic acids is 1. The number of hydrogen-bond acceptors (Lipinski definition) is 11. The average molecular weight is 758 g/mol. The molecule has 302 valence electrons. The Balaban J connectivity index is 5.59. The van der Waals surface area contributed by atoms with Crippen LogP contribution >= 0.6 is 0 Å². The van der Waals surface area contributed by atoms with Gasteiger partial charge in [0, 0.05) is 33.5 Å². The second-order valence-electron chi connectivity index (χ2n) is 12.7. The van der Waals surface area contributed by atoms with Crippen LogP contribution in [0.2, 0.25) is 0 Å². The highest BCUT2D eigenvalue weighted by Gasteiger charge is 2.31. The highest BCUT2D eigenvalue weighted by Crippen LogP contribution is 2.08. The molecule has 0 saturated carbocycles. The molecule has 0 fully saturated rings. The Labute approximate surface area is 309 Å². The highest BCUT2D eigenvalue weighted by molar-refractivity contribution is 5.95. The van der Waals surface area contributed by atoms with Gasteiger partial charge in [-0.25, -0.2) is 4.79 Å². The number of aliphatic imine (C=N–C) groups is 1. The maximum atomic E-state index is 13.4. The Morgan fingerprint density at radius 3 is 1.62 bits per heavy atom. The van der Waals surface area contributed by atoms with Crippen molar-refractivity contribution in [1.82, 2.24) is 37.2 Å². The van der Waals surface area contributed by atoms with E-state index < -0.39 is 84.8 Å². The maximum Gasteiger partial charge on any atom is 0.328 e. The number of carboxylic acids is 1. The molecule has 21 heteroatoms. The summed E-state index contributed by atoms with van der Waals surface area (Å²) in [7, 11) is 0. The van der Waals surface area contributed by atoms with Crippen molar-refractivity contribution in [3.8, 4) is 0 Å². The van der Waals surface area contributed by atoms with Crippen LogP contribution in [0, 0.1) is 5.92 Å². The summed E-state index contributed by atoms with van der Waals surface area (Å²) in [5.41, 5.74) is 16.6. The largest absolute Gasteiger partial charge is 0.480 e. The summed E-state index contributed by atoms with van der Waals surface area (Å²) < 4.78 is 0. The summed E-state index contributed by atoms with van der Waals surface area (Å²) >= 11 is 0. The number of hydrogen-bond donors (Lipinski definition) is 12. The Morgan fingerprint density at radius 2 is 1.15 bits per heavy atom. The molecule has 15 N–H and O–H groups in total. The third-order valence-corrected chi connectivity index (χ3v) is 7.64. The fourth-order valence-electron chi connectivity index (χ4n) is 4.71. The van der Waals surface area contributed by atoms with Gasteiger partial charge in [-0.2, -0.15) is 0 Å². The lowest BCUT2D eigenvalue weighted by Crippen LogP contribution is -2.58. The van der Waals surface area contributed by atoms with Crippen LogP contribution < -0.4 is 54.4 Å². The molecule has 0 rings (SSSR count). The summed E-state index contributed by atoms with van der Waals surface area (Å²) in [6.07, 6.45) is 2.53. The van der Waals surface area contributed by atoms with Crippen molar-refractivity contribution < 1.29 is 48.6 Å². The van der Waals surface area contributed by atoms with E-state index in [4.69, 9.17) is 17.2 Å². The number of carbonyl (C=O) groups excluding carboxylic acids is 7. The number of unbranched alkanes of at least 4 members (excludes halogenated alkanes) is 2. The smallest absolute Gasteiger partial charge is 0.328 e. The van der Waals surface area contributed by atoms with Gasteiger partial charge >= 0.3 is 5.97 Å². The number of aliphatic hydroxyl groups excluding tert-OH is 1. The Hall–Kier alpha value is -5.05. The van der Waals surface area contributed by atoms with E-state index in [1.807, 2.05) is 0 Å². The van der Waals surface area contributed by atoms with Gasteiger partial charge in [0.15, 0.2) is 5.96 Å². The molecule has 0 unspecified atom stereocenters. The van der Waals surface area contributed by atoms with Gasteiger partial charge in [0.25, 0.3) is 0 Å². The molecule has 0 aromatic heterocycles. The number of rotatable bonds is 27. The molecule has 21 nitrogen and oxygen atoms in total. The molecule has 7 amide bonds. The Kier molecular flexibility index (Phi) is 24.1. The van der Waals surface area contributed by atoms with Crippen LogP contribution in [0.15, 0.2) is 4.99 Å². The predicted molar refractivity (Wildman–Crippen MR) is 193 cm³/mol. The number of amides is 7. The minimum Gasteiger partial charge on any atom is -0.480 e. The summed E-state index contributed by atoms with van der Waals surface area (Å²) in [5, 5.41) is 36.1. The molecule has 0 aromatic rings. The van der Waals surface area contributed by atoms with Crippen molar-refractivity contribution in [2.45, 2.75) is 109 Å². The summed E-state index contributed by atoms with van der Waals surface area (Å²) in [6.45, 7) is 5.40. The zero-order valence-corrected chi connectivity index (χ0v) is 31.0. The van der Waals surface area contributed by atoms with Crippen molar-refractivity contribution in [1.29, 1.82) is 0 Å². The molecule has 0 aliphatic heterocycles. The van der Waals surface area contributed by atoms with Crippen LogP contribution in [0.1, 0.15) is 79.1 Å². The van der Waals surface area contributed by atoms with Crippen molar-refractivity contribution in [3.05, 3.63) is 0 Å². The molecule has 0 radical (unpaired) electrons. The molecule has 0 saturated heterocycles. The zero-order chi connectivity index (χ0) is 40.5. The van der Waals surface area contributed by atoms with Gasteiger partial charge in [-0.05, 0) is 57.3 Å². The second-order valence-corrected chi connectivity index (χ2v) is 12.7. The summed E-state index contributed by atoms with van der Waals surface area (Å²) in [5.74, 6) is -6.27. The fraction of sp³-hybridized carbons (Fsp3) is 0.719. The van der Waals surface area contributed by atoms with E-state index in [0.717, 1.165) is 0 Å². The van der Waals surface area contributed by atoms with Gasteiger partial charge in [0.05, 0.1) is 19.2 Å². The third kappa shape index (κ3) is 22.5. The molecule has 0 heterocycles. The van der Waals surface area contributed by atoms with Crippen LogP contribution in [0.4, 0.5) is 0 Å². The Morgan fingerprint density at radius 1 is 0.642 bits per heavy atom. The van der Waals surface area contributed by atoms with Crippen molar-refractivity contribution in [2.24, 2.45) is 28.1 Å². The first kappa shape index (κ1) is 47.9. The fourth-order valence-corrected chi connectivity index (χ4v) is 4.71. The van der Waals surface area contributed by atoms with E-state index in [2.05, 4.69) is 42.2 Å². The molecule has 5 atom stereocenters. The van der Waals surface area contributed by atoms with E-state index in [0.29, 0.717) is 45.2 Å². The van der Waals surface area contributed by atoms with E-state index in [-0.39, 0.29) is 43.6 Å². The van der Waals surface area contributed by atoms with Crippen LogP contribution in [0.25, 0.3) is 0 Å². The van der Waals surface area contributed by atoms with Gasteiger partial charge in [0.2, 0.25) is 41.4 Å². The SMILES string of the molecule is CC(=O)NCCCC[C@H](NC(=O)[C@@H](NC(=O)CNC(=O)[C@H](CCCCNC(C)=O)NC(=O)[C@@H](N)CCCN=C(N)N)C(C)C)C(=O)N[C@@H](CO)C(=O)O. The van der Waals surface area contributed by atoms with Crippen LogP contribution in [-0.2, 0) is 38.4 Å². The first-order valence-electron chi connectivity index (χ1n) is 17.5. The van der Waals surface area contributed by atoms with Gasteiger partial charge in [0.1, 0.15) is 24.2 Å². The molecule has 0 aromatic carbocycles. The minimum absolute atomic E-state index is 0.0432. The normalized spacial score (nSPS) is 13.6. The molecule has 0 spiro atoms. The number of nitrogens with two attached hydrogens (primary N) is 3. The zero-order valence-electron chi connectivity index (χ0n) is 31.0. The average Bonchev–Trinajstić information content (AvgIpc) is 3.07. The predicted octanol–water partition coefficient (Wildman–Crippen LogP) is -4.23. The topological polar surface area (TPSA) is 352 Å². The quantitative estimate of drug-likeness (QED) is 0.0215. The highest BCUT2D eigenvalue weighted by atomic mass is 16.4. The molecule has 0 aliphatic rings. The van der Waals surface area contributed by atoms with E-state index in [9.17, 15) is 48.6 Å². The number of nitrogens with one attached hydrogen (secondary N) is 7. The lowest BCUT2D eigenvalue weighted by Gasteiger charge is -2.26. The summed E-state index contributed by atoms with van der Waals surface area (Å²) in [6, 6.07) is -6.13. The third-order valence-electron chi connectivity index (χ3n) is 7.64. The molecular formula is C32H59N11O10. The van der Waals surface area contributed by atoms with E-state index in [1.165, 1.54) is 13.8 Å². The van der Waals surface area contributed by atoms with Crippen molar-refractivity contribution in [2.75, 3.05) is 32.8 Å². The van der Waals surface area contributed by atoms with Gasteiger partial charge < -0.3 is 64.6 Å². The van der Waals surface area contributed by atoms with Gasteiger partial charge in [-0.3, -0.25) is 38.6 Å². The van der Waals surface area contributed by atoms with Crippen LogP contribution in [0.3, 0.4) is 0 Å².